The summed E-state index contributed by atoms with van der Waals surface area (Å²) >= 11 is 0. The number of carbonyl (C=O) groups excluding carboxylic acids is 1. The van der Waals surface area contributed by atoms with Gasteiger partial charge in [-0.3, -0.25) is 4.90 Å². The van der Waals surface area contributed by atoms with Crippen molar-refractivity contribution < 1.29 is 18.7 Å². The van der Waals surface area contributed by atoms with Crippen LogP contribution in [-0.4, -0.2) is 42.8 Å². The molecule has 1 aromatic carbocycles. The Hall–Kier alpha value is -1.46. The normalized spacial score (nSPS) is 25.8. The third-order valence-electron chi connectivity index (χ3n) is 5.99. The van der Waals surface area contributed by atoms with Crippen molar-refractivity contribution in [2.75, 3.05) is 20.3 Å². The lowest BCUT2D eigenvalue weighted by atomic mass is 9.73. The highest BCUT2D eigenvalue weighted by atomic mass is 19.1. The molecule has 1 atom stereocenters. The molecule has 4 nitrogen and oxygen atoms in total. The molecule has 1 spiro atoms. The van der Waals surface area contributed by atoms with Crippen LogP contribution in [0.1, 0.15) is 53.6 Å². The lowest BCUT2D eigenvalue weighted by Crippen LogP contribution is -2.53. The number of ether oxygens (including phenoxy) is 2. The largest absolute Gasteiger partial charge is 0.465 e. The Morgan fingerprint density at radius 1 is 1.42 bits per heavy atom. The summed E-state index contributed by atoms with van der Waals surface area (Å²) < 4.78 is 25.3. The van der Waals surface area contributed by atoms with E-state index in [0.29, 0.717) is 18.2 Å². The molecular weight excluding hydrogens is 309 g/mol. The van der Waals surface area contributed by atoms with Crippen LogP contribution >= 0.6 is 0 Å². The number of rotatable bonds is 2. The Balaban J connectivity index is 1.52. The van der Waals surface area contributed by atoms with E-state index in [0.717, 1.165) is 43.5 Å². The number of hydrogen-bond donors (Lipinski definition) is 0. The molecule has 4 rings (SSSR count). The van der Waals surface area contributed by atoms with E-state index in [4.69, 9.17) is 9.47 Å². The van der Waals surface area contributed by atoms with Gasteiger partial charge in [-0.2, -0.15) is 0 Å². The zero-order valence-electron chi connectivity index (χ0n) is 14.1. The van der Waals surface area contributed by atoms with Crippen molar-refractivity contribution >= 4 is 5.97 Å². The summed E-state index contributed by atoms with van der Waals surface area (Å²) in [5.41, 5.74) is 2.10. The minimum absolute atomic E-state index is 0.108. The molecule has 0 aromatic heterocycles. The van der Waals surface area contributed by atoms with E-state index in [1.165, 1.54) is 32.4 Å². The van der Waals surface area contributed by atoms with Crippen molar-refractivity contribution in [1.82, 2.24) is 4.90 Å². The molecule has 24 heavy (non-hydrogen) atoms. The van der Waals surface area contributed by atoms with Gasteiger partial charge in [-0.05, 0) is 56.2 Å². The molecule has 5 heteroatoms. The monoisotopic (exact) mass is 333 g/mol. The first-order chi connectivity index (χ1) is 11.6. The van der Waals surface area contributed by atoms with E-state index in [1.807, 2.05) is 0 Å². The summed E-state index contributed by atoms with van der Waals surface area (Å²) in [7, 11) is 1.32. The quantitative estimate of drug-likeness (QED) is 0.780. The summed E-state index contributed by atoms with van der Waals surface area (Å²) in [5.74, 6) is -0.765. The highest BCUT2D eigenvalue weighted by Crippen LogP contribution is 2.44. The van der Waals surface area contributed by atoms with Crippen LogP contribution in [0.2, 0.25) is 0 Å². The molecule has 0 amide bonds. The number of halogens is 1. The fourth-order valence-corrected chi connectivity index (χ4v) is 4.42. The lowest BCUT2D eigenvalue weighted by molar-refractivity contribution is -0.149. The van der Waals surface area contributed by atoms with Crippen molar-refractivity contribution in [2.24, 2.45) is 0 Å². The predicted molar refractivity (Wildman–Crippen MR) is 87.4 cm³/mol. The van der Waals surface area contributed by atoms with Crippen LogP contribution in [-0.2, 0) is 22.4 Å². The van der Waals surface area contributed by atoms with Gasteiger partial charge in [0.05, 0.1) is 18.3 Å². The summed E-state index contributed by atoms with van der Waals surface area (Å²) in [6.07, 6.45) is 6.49. The molecule has 130 valence electrons. The number of hydrogen-bond acceptors (Lipinski definition) is 4. The van der Waals surface area contributed by atoms with Gasteiger partial charge in [0, 0.05) is 31.3 Å². The molecule has 2 aliphatic heterocycles. The van der Waals surface area contributed by atoms with Crippen molar-refractivity contribution in [3.05, 3.63) is 34.6 Å². The highest BCUT2D eigenvalue weighted by molar-refractivity contribution is 5.89. The summed E-state index contributed by atoms with van der Waals surface area (Å²) in [5, 5.41) is 0. The highest BCUT2D eigenvalue weighted by Gasteiger charge is 2.44. The van der Waals surface area contributed by atoms with Gasteiger partial charge in [0.1, 0.15) is 5.82 Å². The van der Waals surface area contributed by atoms with Gasteiger partial charge in [-0.1, -0.05) is 0 Å². The topological polar surface area (TPSA) is 38.8 Å². The first kappa shape index (κ1) is 16.0. The van der Waals surface area contributed by atoms with Crippen LogP contribution in [0.3, 0.4) is 0 Å². The number of methoxy groups -OCH3 is 1. The van der Waals surface area contributed by atoms with E-state index in [9.17, 15) is 9.18 Å². The predicted octanol–water partition coefficient (Wildman–Crippen LogP) is 3.07. The van der Waals surface area contributed by atoms with Gasteiger partial charge in [0.25, 0.3) is 0 Å². The fraction of sp³-hybridized carbons (Fsp3) is 0.632. The maximum absolute atomic E-state index is 14.5. The zero-order valence-corrected chi connectivity index (χ0v) is 14.1. The molecular formula is C19H24FNO3. The Bertz CT molecular complexity index is 656. The summed E-state index contributed by atoms with van der Waals surface area (Å²) in [6.45, 7) is 2.36. The molecule has 0 radical (unpaired) electrons. The van der Waals surface area contributed by atoms with E-state index < -0.39 is 5.97 Å². The second kappa shape index (κ2) is 6.12. The smallest absolute Gasteiger partial charge is 0.337 e. The second-order valence-corrected chi connectivity index (χ2v) is 7.34. The first-order valence-corrected chi connectivity index (χ1v) is 8.88. The molecule has 0 bridgehead atoms. The van der Waals surface area contributed by atoms with Gasteiger partial charge < -0.3 is 9.47 Å². The van der Waals surface area contributed by atoms with E-state index in [2.05, 4.69) is 4.90 Å². The molecule has 1 saturated carbocycles. The zero-order chi connectivity index (χ0) is 16.7. The van der Waals surface area contributed by atoms with Gasteiger partial charge in [-0.25, -0.2) is 9.18 Å². The molecule has 0 unspecified atom stereocenters. The number of carbonyl (C=O) groups is 1. The van der Waals surface area contributed by atoms with Crippen molar-refractivity contribution in [2.45, 2.75) is 56.7 Å². The number of fused-ring (bicyclic) bond motifs is 1. The minimum atomic E-state index is -0.476. The van der Waals surface area contributed by atoms with Crippen molar-refractivity contribution in [1.29, 1.82) is 0 Å². The summed E-state index contributed by atoms with van der Waals surface area (Å²) in [6, 6.07) is 3.58. The average molecular weight is 333 g/mol. The van der Waals surface area contributed by atoms with Crippen LogP contribution in [0.5, 0.6) is 0 Å². The minimum Gasteiger partial charge on any atom is -0.465 e. The average Bonchev–Trinajstić information content (AvgIpc) is 2.59. The molecule has 3 aliphatic rings. The molecule has 1 saturated heterocycles. The third-order valence-corrected chi connectivity index (χ3v) is 5.99. The van der Waals surface area contributed by atoms with Crippen LogP contribution in [0.4, 0.5) is 4.39 Å². The number of benzene rings is 1. The van der Waals surface area contributed by atoms with Crippen molar-refractivity contribution in [3.8, 4) is 0 Å². The third kappa shape index (κ3) is 2.74. The molecule has 2 heterocycles. The maximum Gasteiger partial charge on any atom is 0.337 e. The van der Waals surface area contributed by atoms with Gasteiger partial charge >= 0.3 is 5.97 Å². The SMILES string of the molecule is COC(=O)c1cc(F)c2c(c1)CCN([C@H]1CCOC3(CCC3)C1)C2. The Kier molecular flexibility index (Phi) is 4.09. The molecule has 0 N–H and O–H groups in total. The van der Waals surface area contributed by atoms with Crippen LogP contribution in [0.25, 0.3) is 0 Å². The van der Waals surface area contributed by atoms with Crippen molar-refractivity contribution in [3.63, 3.8) is 0 Å². The standard InChI is InChI=1S/C19H24FNO3/c1-23-18(22)14-9-13-3-7-21(12-16(13)17(20)10-14)15-4-8-24-19(11-15)5-2-6-19/h9-10,15H,2-8,11-12H2,1H3/t15-/m0/s1. The lowest BCUT2D eigenvalue weighted by Gasteiger charge is -2.50. The fourth-order valence-electron chi connectivity index (χ4n) is 4.42. The Morgan fingerprint density at radius 2 is 2.25 bits per heavy atom. The van der Waals surface area contributed by atoms with Gasteiger partial charge in [0.15, 0.2) is 0 Å². The van der Waals surface area contributed by atoms with E-state index in [-0.39, 0.29) is 11.4 Å². The maximum atomic E-state index is 14.5. The molecule has 1 aromatic rings. The van der Waals surface area contributed by atoms with Crippen LogP contribution in [0.15, 0.2) is 12.1 Å². The van der Waals surface area contributed by atoms with E-state index >= 15 is 0 Å². The second-order valence-electron chi connectivity index (χ2n) is 7.34. The number of nitrogens with zero attached hydrogens (tertiary/aromatic N) is 1. The number of esters is 1. The first-order valence-electron chi connectivity index (χ1n) is 8.88. The molecule has 2 fully saturated rings. The summed E-state index contributed by atoms with van der Waals surface area (Å²) in [4.78, 5) is 14.1. The van der Waals surface area contributed by atoms with Gasteiger partial charge in [0.2, 0.25) is 0 Å². The molecule has 1 aliphatic carbocycles. The van der Waals surface area contributed by atoms with E-state index in [1.54, 1.807) is 6.07 Å². The van der Waals surface area contributed by atoms with Crippen LogP contribution < -0.4 is 0 Å². The van der Waals surface area contributed by atoms with Crippen LogP contribution in [0, 0.1) is 5.82 Å². The Morgan fingerprint density at radius 3 is 2.96 bits per heavy atom. The Labute approximate surface area is 141 Å². The van der Waals surface area contributed by atoms with Gasteiger partial charge in [-0.15, -0.1) is 0 Å².